The van der Waals surface area contributed by atoms with E-state index in [0.29, 0.717) is 5.75 Å². The fraction of sp³-hybridized carbons (Fsp3) is 0.188. The van der Waals surface area contributed by atoms with Gasteiger partial charge in [-0.1, -0.05) is 18.2 Å². The lowest BCUT2D eigenvalue weighted by Gasteiger charge is -2.11. The third-order valence-electron chi connectivity index (χ3n) is 2.98. The molecule has 0 aliphatic rings. The van der Waals surface area contributed by atoms with Crippen molar-refractivity contribution in [2.75, 3.05) is 5.32 Å². The number of carbonyl (C=O) groups is 1. The van der Waals surface area contributed by atoms with Crippen LogP contribution in [0.3, 0.4) is 0 Å². The lowest BCUT2D eigenvalue weighted by molar-refractivity contribution is -0.137. The number of carbonyl (C=O) groups excluding carboxylic acids is 1. The molecule has 0 fully saturated rings. The minimum atomic E-state index is -4.46. The van der Waals surface area contributed by atoms with Crippen molar-refractivity contribution in [3.05, 3.63) is 59.2 Å². The summed E-state index contributed by atoms with van der Waals surface area (Å²) in [6.07, 6.45) is -5.30. The number of hydrogen-bond donors (Lipinski definition) is 1. The molecule has 22 heavy (non-hydrogen) atoms. The average Bonchev–Trinajstić information content (AvgIpc) is 2.42. The van der Waals surface area contributed by atoms with E-state index in [4.69, 9.17) is 4.74 Å². The molecule has 1 amide bonds. The molecule has 0 heterocycles. The number of hydrogen-bond acceptors (Lipinski definition) is 2. The Balaban J connectivity index is 2.11. The highest BCUT2D eigenvalue weighted by Gasteiger charge is 2.30. The smallest absolute Gasteiger partial charge is 0.410 e. The van der Waals surface area contributed by atoms with Gasteiger partial charge >= 0.3 is 12.3 Å². The number of amides is 1. The van der Waals surface area contributed by atoms with Crippen LogP contribution in [-0.2, 0) is 6.18 Å². The predicted molar refractivity (Wildman–Crippen MR) is 77.0 cm³/mol. The van der Waals surface area contributed by atoms with Crippen LogP contribution in [-0.4, -0.2) is 6.09 Å². The summed E-state index contributed by atoms with van der Waals surface area (Å²) < 4.78 is 42.9. The largest absolute Gasteiger partial charge is 0.417 e. The van der Waals surface area contributed by atoms with Crippen molar-refractivity contribution >= 4 is 11.8 Å². The molecule has 3 nitrogen and oxygen atoms in total. The number of alkyl halides is 3. The molecular formula is C16H14F3NO2. The topological polar surface area (TPSA) is 38.3 Å². The molecular weight excluding hydrogens is 295 g/mol. The van der Waals surface area contributed by atoms with Gasteiger partial charge in [0.05, 0.1) is 5.56 Å². The Labute approximate surface area is 125 Å². The van der Waals surface area contributed by atoms with Gasteiger partial charge in [-0.25, -0.2) is 4.79 Å². The van der Waals surface area contributed by atoms with Gasteiger partial charge < -0.3 is 4.74 Å². The first-order valence-electron chi connectivity index (χ1n) is 6.49. The van der Waals surface area contributed by atoms with Crippen LogP contribution in [0, 0.1) is 13.8 Å². The molecule has 0 atom stereocenters. The van der Waals surface area contributed by atoms with Crippen molar-refractivity contribution in [1.82, 2.24) is 0 Å². The third-order valence-corrected chi connectivity index (χ3v) is 2.98. The lowest BCUT2D eigenvalue weighted by atomic mass is 10.1. The molecule has 116 valence electrons. The van der Waals surface area contributed by atoms with Gasteiger partial charge in [-0.3, -0.25) is 5.32 Å². The van der Waals surface area contributed by atoms with Crippen LogP contribution < -0.4 is 10.1 Å². The second-order valence-electron chi connectivity index (χ2n) is 4.86. The first kappa shape index (κ1) is 15.9. The minimum absolute atomic E-state index is 0.0186. The number of benzene rings is 2. The van der Waals surface area contributed by atoms with Crippen LogP contribution in [0.15, 0.2) is 42.5 Å². The SMILES string of the molecule is Cc1ccc(C)c(OC(=O)Nc2cccc(C(F)(F)F)c2)c1. The molecule has 2 aromatic carbocycles. The monoisotopic (exact) mass is 309 g/mol. The van der Waals surface area contributed by atoms with Gasteiger partial charge in [-0.2, -0.15) is 13.2 Å². The van der Waals surface area contributed by atoms with E-state index < -0.39 is 17.8 Å². The number of ether oxygens (including phenoxy) is 1. The molecule has 2 aromatic rings. The predicted octanol–water partition coefficient (Wildman–Crippen LogP) is 4.93. The van der Waals surface area contributed by atoms with E-state index in [1.165, 1.54) is 12.1 Å². The molecule has 0 spiro atoms. The lowest BCUT2D eigenvalue weighted by Crippen LogP contribution is -2.17. The normalized spacial score (nSPS) is 11.1. The zero-order valence-electron chi connectivity index (χ0n) is 12.0. The molecule has 1 N–H and O–H groups in total. The summed E-state index contributed by atoms with van der Waals surface area (Å²) in [6, 6.07) is 9.71. The Morgan fingerprint density at radius 1 is 1.09 bits per heavy atom. The summed E-state index contributed by atoms with van der Waals surface area (Å²) in [5.74, 6) is 0.365. The van der Waals surface area contributed by atoms with E-state index in [2.05, 4.69) is 5.32 Å². The molecule has 0 unspecified atom stereocenters. The Morgan fingerprint density at radius 3 is 2.50 bits per heavy atom. The van der Waals surface area contributed by atoms with Crippen molar-refractivity contribution in [3.8, 4) is 5.75 Å². The Morgan fingerprint density at radius 2 is 1.82 bits per heavy atom. The van der Waals surface area contributed by atoms with E-state index in [1.807, 2.05) is 13.0 Å². The fourth-order valence-corrected chi connectivity index (χ4v) is 1.83. The summed E-state index contributed by atoms with van der Waals surface area (Å²) in [6.45, 7) is 3.61. The first-order valence-corrected chi connectivity index (χ1v) is 6.49. The van der Waals surface area contributed by atoms with E-state index in [0.717, 1.165) is 23.3 Å². The van der Waals surface area contributed by atoms with Crippen LogP contribution in [0.1, 0.15) is 16.7 Å². The molecule has 0 radical (unpaired) electrons. The summed E-state index contributed by atoms with van der Waals surface area (Å²) in [5, 5.41) is 2.29. The van der Waals surface area contributed by atoms with Crippen LogP contribution in [0.2, 0.25) is 0 Å². The van der Waals surface area contributed by atoms with Gasteiger partial charge in [0, 0.05) is 5.69 Å². The standard InChI is InChI=1S/C16H14F3NO2/c1-10-6-7-11(2)14(8-10)22-15(21)20-13-5-3-4-12(9-13)16(17,18)19/h3-9H,1-2H3,(H,20,21). The van der Waals surface area contributed by atoms with E-state index in [9.17, 15) is 18.0 Å². The van der Waals surface area contributed by atoms with Crippen molar-refractivity contribution < 1.29 is 22.7 Å². The van der Waals surface area contributed by atoms with Gasteiger partial charge in [-0.15, -0.1) is 0 Å². The fourth-order valence-electron chi connectivity index (χ4n) is 1.83. The van der Waals surface area contributed by atoms with Crippen LogP contribution >= 0.6 is 0 Å². The molecule has 2 rings (SSSR count). The maximum absolute atomic E-state index is 12.6. The number of halogens is 3. The van der Waals surface area contributed by atoms with Crippen molar-refractivity contribution in [2.45, 2.75) is 20.0 Å². The van der Waals surface area contributed by atoms with E-state index in [1.54, 1.807) is 19.1 Å². The number of rotatable bonds is 2. The highest BCUT2D eigenvalue weighted by atomic mass is 19.4. The molecule has 6 heteroatoms. The Kier molecular flexibility index (Phi) is 4.40. The highest BCUT2D eigenvalue weighted by molar-refractivity contribution is 5.86. The maximum atomic E-state index is 12.6. The van der Waals surface area contributed by atoms with E-state index >= 15 is 0 Å². The van der Waals surface area contributed by atoms with E-state index in [-0.39, 0.29) is 5.69 Å². The van der Waals surface area contributed by atoms with Crippen molar-refractivity contribution in [2.24, 2.45) is 0 Å². The van der Waals surface area contributed by atoms with Gasteiger partial charge in [-0.05, 0) is 49.2 Å². The summed E-state index contributed by atoms with van der Waals surface area (Å²) in [4.78, 5) is 11.8. The van der Waals surface area contributed by atoms with Crippen molar-refractivity contribution in [3.63, 3.8) is 0 Å². The first-order chi connectivity index (χ1) is 10.3. The maximum Gasteiger partial charge on any atom is 0.417 e. The number of nitrogens with one attached hydrogen (secondary N) is 1. The van der Waals surface area contributed by atoms with Gasteiger partial charge in [0.15, 0.2) is 0 Å². The highest BCUT2D eigenvalue weighted by Crippen LogP contribution is 2.30. The van der Waals surface area contributed by atoms with Crippen LogP contribution in [0.25, 0.3) is 0 Å². The molecule has 0 bridgehead atoms. The second-order valence-corrected chi connectivity index (χ2v) is 4.86. The number of aryl methyl sites for hydroxylation is 2. The zero-order chi connectivity index (χ0) is 16.3. The summed E-state index contributed by atoms with van der Waals surface area (Å²) in [5.41, 5.74) is 0.847. The Hall–Kier alpha value is -2.50. The second kappa shape index (κ2) is 6.09. The summed E-state index contributed by atoms with van der Waals surface area (Å²) >= 11 is 0. The minimum Gasteiger partial charge on any atom is -0.410 e. The molecule has 0 saturated heterocycles. The van der Waals surface area contributed by atoms with Crippen LogP contribution in [0.5, 0.6) is 5.75 Å². The van der Waals surface area contributed by atoms with Gasteiger partial charge in [0.25, 0.3) is 0 Å². The number of anilines is 1. The zero-order valence-corrected chi connectivity index (χ0v) is 12.0. The van der Waals surface area contributed by atoms with Crippen molar-refractivity contribution in [1.29, 1.82) is 0 Å². The molecule has 0 aliphatic carbocycles. The van der Waals surface area contributed by atoms with Gasteiger partial charge in [0.1, 0.15) is 5.75 Å². The Bertz CT molecular complexity index is 696. The molecule has 0 saturated carbocycles. The summed E-state index contributed by atoms with van der Waals surface area (Å²) in [7, 11) is 0. The van der Waals surface area contributed by atoms with Gasteiger partial charge in [0.2, 0.25) is 0 Å². The quantitative estimate of drug-likeness (QED) is 0.854. The third kappa shape index (κ3) is 4.00. The average molecular weight is 309 g/mol. The van der Waals surface area contributed by atoms with Crippen LogP contribution in [0.4, 0.5) is 23.7 Å². The molecule has 0 aliphatic heterocycles. The molecule has 0 aromatic heterocycles.